The van der Waals surface area contributed by atoms with Crippen molar-refractivity contribution in [1.29, 1.82) is 0 Å². The number of rotatable bonds is 7. The number of carbonyl (C=O) groups excluding carboxylic acids is 2. The summed E-state index contributed by atoms with van der Waals surface area (Å²) >= 11 is 0. The van der Waals surface area contributed by atoms with Gasteiger partial charge in [-0.3, -0.25) is 4.79 Å². The van der Waals surface area contributed by atoms with Crippen molar-refractivity contribution in [1.82, 2.24) is 0 Å². The Labute approximate surface area is 176 Å². The highest BCUT2D eigenvalue weighted by Gasteiger charge is 2.26. The van der Waals surface area contributed by atoms with Gasteiger partial charge in [0.25, 0.3) is 5.91 Å². The number of hydrogen-bond acceptors (Lipinski definition) is 5. The van der Waals surface area contributed by atoms with E-state index < -0.39 is 18.0 Å². The second-order valence-electron chi connectivity index (χ2n) is 7.57. The number of hydrogen-bond donors (Lipinski definition) is 1. The maximum absolute atomic E-state index is 12.8. The van der Waals surface area contributed by atoms with Gasteiger partial charge in [-0.25, -0.2) is 4.79 Å². The summed E-state index contributed by atoms with van der Waals surface area (Å²) in [5.74, 6) is -0.805. The third-order valence-electron chi connectivity index (χ3n) is 5.00. The summed E-state index contributed by atoms with van der Waals surface area (Å²) in [7, 11) is 1.54. The van der Waals surface area contributed by atoms with Crippen molar-refractivity contribution >= 4 is 28.5 Å². The molecule has 0 fully saturated rings. The van der Waals surface area contributed by atoms with Gasteiger partial charge in [0.05, 0.1) is 6.61 Å². The van der Waals surface area contributed by atoms with Crippen LogP contribution in [0.25, 0.3) is 11.0 Å². The molecule has 3 aromatic rings. The van der Waals surface area contributed by atoms with Crippen LogP contribution in [-0.4, -0.2) is 25.1 Å². The van der Waals surface area contributed by atoms with Crippen LogP contribution in [0.1, 0.15) is 53.9 Å². The van der Waals surface area contributed by atoms with Crippen molar-refractivity contribution in [2.24, 2.45) is 0 Å². The average molecular weight is 409 g/mol. The molecule has 158 valence electrons. The van der Waals surface area contributed by atoms with Crippen molar-refractivity contribution in [2.75, 3.05) is 12.4 Å². The van der Waals surface area contributed by atoms with Gasteiger partial charge in [0.15, 0.2) is 6.10 Å². The molecule has 0 unspecified atom stereocenters. The Morgan fingerprint density at radius 2 is 1.80 bits per heavy atom. The largest absolute Gasteiger partial charge is 0.449 e. The molecule has 0 aliphatic carbocycles. The Kier molecular flexibility index (Phi) is 6.57. The molecule has 0 radical (unpaired) electrons. The van der Waals surface area contributed by atoms with E-state index in [0.717, 1.165) is 22.2 Å². The molecule has 0 aliphatic rings. The molecule has 1 heterocycles. The number of anilines is 1. The van der Waals surface area contributed by atoms with E-state index in [0.29, 0.717) is 11.1 Å². The van der Waals surface area contributed by atoms with Crippen LogP contribution in [0.3, 0.4) is 0 Å². The van der Waals surface area contributed by atoms with Gasteiger partial charge in [-0.2, -0.15) is 0 Å². The quantitative estimate of drug-likeness (QED) is 0.543. The summed E-state index contributed by atoms with van der Waals surface area (Å²) in [4.78, 5) is 25.5. The number of amides is 1. The van der Waals surface area contributed by atoms with E-state index >= 15 is 0 Å². The molecule has 1 atom stereocenters. The minimum absolute atomic E-state index is 0.0523. The van der Waals surface area contributed by atoms with E-state index in [2.05, 4.69) is 19.2 Å². The van der Waals surface area contributed by atoms with E-state index in [1.807, 2.05) is 43.3 Å². The number of nitrogens with one attached hydrogen (secondary N) is 1. The van der Waals surface area contributed by atoms with Gasteiger partial charge in [-0.1, -0.05) is 50.2 Å². The van der Waals surface area contributed by atoms with E-state index in [9.17, 15) is 9.59 Å². The molecular weight excluding hydrogens is 382 g/mol. The molecule has 0 saturated heterocycles. The van der Waals surface area contributed by atoms with Crippen LogP contribution >= 0.6 is 0 Å². The predicted molar refractivity (Wildman–Crippen MR) is 116 cm³/mol. The Hall–Kier alpha value is -3.12. The molecule has 0 spiro atoms. The summed E-state index contributed by atoms with van der Waals surface area (Å²) in [6, 6.07) is 13.2. The maximum Gasteiger partial charge on any atom is 0.375 e. The van der Waals surface area contributed by atoms with Crippen molar-refractivity contribution in [2.45, 2.75) is 46.3 Å². The Morgan fingerprint density at radius 3 is 2.50 bits per heavy atom. The van der Waals surface area contributed by atoms with Crippen LogP contribution in [-0.2, 0) is 20.9 Å². The number of carbonyl (C=O) groups is 2. The smallest absolute Gasteiger partial charge is 0.375 e. The highest BCUT2D eigenvalue weighted by atomic mass is 16.6. The summed E-state index contributed by atoms with van der Waals surface area (Å²) < 4.78 is 16.3. The first-order chi connectivity index (χ1) is 14.3. The zero-order valence-corrected chi connectivity index (χ0v) is 17.9. The zero-order chi connectivity index (χ0) is 21.8. The van der Waals surface area contributed by atoms with Gasteiger partial charge in [0.2, 0.25) is 5.76 Å². The molecule has 6 heteroatoms. The third-order valence-corrected chi connectivity index (χ3v) is 5.00. The van der Waals surface area contributed by atoms with Gasteiger partial charge in [-0.05, 0) is 37.0 Å². The fourth-order valence-corrected chi connectivity index (χ4v) is 3.39. The molecule has 6 nitrogen and oxygen atoms in total. The monoisotopic (exact) mass is 409 g/mol. The van der Waals surface area contributed by atoms with Crippen molar-refractivity contribution in [3.8, 4) is 0 Å². The predicted octanol–water partition coefficient (Wildman–Crippen LogP) is 5.20. The number of ether oxygens (including phenoxy) is 2. The minimum atomic E-state index is -0.999. The molecule has 0 bridgehead atoms. The first kappa shape index (κ1) is 21.6. The van der Waals surface area contributed by atoms with Crippen LogP contribution in [0.2, 0.25) is 0 Å². The normalized spacial score (nSPS) is 12.2. The molecular formula is C24H27NO5. The lowest BCUT2D eigenvalue weighted by molar-refractivity contribution is -0.123. The van der Waals surface area contributed by atoms with Crippen molar-refractivity contribution in [3.05, 3.63) is 64.9 Å². The van der Waals surface area contributed by atoms with E-state index in [-0.39, 0.29) is 18.3 Å². The molecule has 1 aromatic heterocycles. The number of aryl methyl sites for hydroxylation is 1. The van der Waals surface area contributed by atoms with Crippen LogP contribution in [0.4, 0.5) is 5.69 Å². The first-order valence-electron chi connectivity index (χ1n) is 9.94. The summed E-state index contributed by atoms with van der Waals surface area (Å²) in [5, 5.41) is 3.69. The van der Waals surface area contributed by atoms with Crippen LogP contribution in [0, 0.1) is 6.92 Å². The first-order valence-corrected chi connectivity index (χ1v) is 9.94. The minimum Gasteiger partial charge on any atom is -0.449 e. The molecule has 2 aromatic carbocycles. The Balaban J connectivity index is 1.79. The number of furan rings is 1. The topological polar surface area (TPSA) is 77.8 Å². The summed E-state index contributed by atoms with van der Waals surface area (Å²) in [5.41, 5.74) is 3.90. The number of para-hydroxylation sites is 2. The molecule has 0 saturated carbocycles. The summed E-state index contributed by atoms with van der Waals surface area (Å²) in [6.07, 6.45) is -0.999. The lowest BCUT2D eigenvalue weighted by Gasteiger charge is -2.19. The lowest BCUT2D eigenvalue weighted by Crippen LogP contribution is -2.30. The Morgan fingerprint density at radius 1 is 1.07 bits per heavy atom. The second-order valence-corrected chi connectivity index (χ2v) is 7.57. The number of benzene rings is 2. The van der Waals surface area contributed by atoms with E-state index in [4.69, 9.17) is 13.9 Å². The standard InChI is InChI=1S/C24H27NO5/c1-14(2)17-11-8-9-15(3)21(17)25-23(26)16(4)29-24(27)22-19(13-28-5)18-10-6-7-12-20(18)30-22/h6-12,14,16H,13H2,1-5H3,(H,25,26)/t16-/m0/s1. The van der Waals surface area contributed by atoms with Crippen molar-refractivity contribution in [3.63, 3.8) is 0 Å². The fourth-order valence-electron chi connectivity index (χ4n) is 3.39. The van der Waals surface area contributed by atoms with Gasteiger partial charge < -0.3 is 19.2 Å². The van der Waals surface area contributed by atoms with Gasteiger partial charge in [-0.15, -0.1) is 0 Å². The van der Waals surface area contributed by atoms with Gasteiger partial charge in [0, 0.05) is 23.7 Å². The second kappa shape index (κ2) is 9.13. The maximum atomic E-state index is 12.8. The van der Waals surface area contributed by atoms with Crippen LogP contribution in [0.15, 0.2) is 46.9 Å². The molecule has 1 N–H and O–H groups in total. The average Bonchev–Trinajstić information content (AvgIpc) is 3.08. The lowest BCUT2D eigenvalue weighted by atomic mass is 9.98. The van der Waals surface area contributed by atoms with Gasteiger partial charge in [0.1, 0.15) is 5.58 Å². The highest BCUT2D eigenvalue weighted by molar-refractivity contribution is 6.00. The fraction of sp³-hybridized carbons (Fsp3) is 0.333. The van der Waals surface area contributed by atoms with Crippen LogP contribution in [0.5, 0.6) is 0 Å². The van der Waals surface area contributed by atoms with Gasteiger partial charge >= 0.3 is 5.97 Å². The molecule has 30 heavy (non-hydrogen) atoms. The Bertz CT molecular complexity index is 1070. The number of esters is 1. The SMILES string of the molecule is COCc1c(C(=O)O[C@@H](C)C(=O)Nc2c(C)cccc2C(C)C)oc2ccccc12. The van der Waals surface area contributed by atoms with E-state index in [1.54, 1.807) is 20.1 Å². The zero-order valence-electron chi connectivity index (χ0n) is 17.9. The molecule has 3 rings (SSSR count). The third kappa shape index (κ3) is 4.39. The summed E-state index contributed by atoms with van der Waals surface area (Å²) in [6.45, 7) is 7.80. The van der Waals surface area contributed by atoms with E-state index in [1.165, 1.54) is 0 Å². The number of fused-ring (bicyclic) bond motifs is 1. The number of methoxy groups -OCH3 is 1. The highest BCUT2D eigenvalue weighted by Crippen LogP contribution is 2.29. The molecule has 0 aliphatic heterocycles. The van der Waals surface area contributed by atoms with Crippen LogP contribution < -0.4 is 5.32 Å². The van der Waals surface area contributed by atoms with Crippen molar-refractivity contribution < 1.29 is 23.5 Å². The molecule has 1 amide bonds.